The summed E-state index contributed by atoms with van der Waals surface area (Å²) in [7, 11) is 1.53. The Balaban J connectivity index is 1.39. The number of rotatable bonds is 8. The lowest BCUT2D eigenvalue weighted by Crippen LogP contribution is -2.71. The highest BCUT2D eigenvalue weighted by Gasteiger charge is 2.60. The van der Waals surface area contributed by atoms with E-state index in [0.717, 1.165) is 4.90 Å². The molecule has 2 aliphatic heterocycles. The number of ether oxygens (including phenoxy) is 2. The minimum absolute atomic E-state index is 0.0161. The molecule has 0 spiro atoms. The topological polar surface area (TPSA) is 125 Å². The first-order chi connectivity index (χ1) is 15.9. The molecule has 0 saturated carbocycles. The third-order valence-electron chi connectivity index (χ3n) is 5.69. The van der Waals surface area contributed by atoms with Gasteiger partial charge in [-0.2, -0.15) is 0 Å². The number of hydrogen-bond donors (Lipinski definition) is 2. The summed E-state index contributed by atoms with van der Waals surface area (Å²) in [5.74, 6) is -1.62. The van der Waals surface area contributed by atoms with Gasteiger partial charge in [0, 0.05) is 6.54 Å². The fourth-order valence-electron chi connectivity index (χ4n) is 4.06. The van der Waals surface area contributed by atoms with E-state index in [-0.39, 0.29) is 19.6 Å². The predicted molar refractivity (Wildman–Crippen MR) is 114 cm³/mol. The molecule has 2 aliphatic rings. The molecule has 10 nitrogen and oxygen atoms in total. The van der Waals surface area contributed by atoms with E-state index < -0.39 is 41.9 Å². The molecule has 2 unspecified atom stereocenters. The maximum atomic E-state index is 12.9. The first kappa shape index (κ1) is 22.1. The molecule has 3 atom stereocenters. The Kier molecular flexibility index (Phi) is 6.16. The number of nitrogens with one attached hydrogen (secondary N) is 1. The van der Waals surface area contributed by atoms with Crippen molar-refractivity contribution in [3.8, 4) is 11.5 Å². The van der Waals surface area contributed by atoms with Crippen molar-refractivity contribution in [1.29, 1.82) is 0 Å². The molecular formula is C23H23N3O7. The summed E-state index contributed by atoms with van der Waals surface area (Å²) in [6.07, 6.45) is -1.42. The highest BCUT2D eigenvalue weighted by molar-refractivity contribution is 5.99. The number of carboxylic acid groups (broad SMARTS) is 1. The van der Waals surface area contributed by atoms with Crippen LogP contribution >= 0.6 is 0 Å². The van der Waals surface area contributed by atoms with E-state index >= 15 is 0 Å². The normalized spacial score (nSPS) is 21.1. The smallest absolute Gasteiger partial charge is 0.347 e. The molecule has 4 rings (SSSR count). The Morgan fingerprint density at radius 3 is 2.39 bits per heavy atom. The van der Waals surface area contributed by atoms with Crippen molar-refractivity contribution in [2.75, 3.05) is 20.3 Å². The second-order valence-corrected chi connectivity index (χ2v) is 7.74. The van der Waals surface area contributed by atoms with Crippen LogP contribution in [0.3, 0.4) is 0 Å². The molecule has 0 bridgehead atoms. The van der Waals surface area contributed by atoms with Gasteiger partial charge in [0.1, 0.15) is 17.5 Å². The molecule has 10 heteroatoms. The van der Waals surface area contributed by atoms with Crippen LogP contribution in [-0.4, -0.2) is 77.1 Å². The van der Waals surface area contributed by atoms with Gasteiger partial charge in [-0.05, 0) is 29.8 Å². The zero-order chi connectivity index (χ0) is 23.5. The van der Waals surface area contributed by atoms with Crippen molar-refractivity contribution >= 4 is 23.7 Å². The molecule has 33 heavy (non-hydrogen) atoms. The lowest BCUT2D eigenvalue weighted by molar-refractivity contribution is -0.166. The first-order valence-electron chi connectivity index (χ1n) is 10.3. The van der Waals surface area contributed by atoms with Crippen molar-refractivity contribution in [1.82, 2.24) is 15.1 Å². The number of nitrogens with zero attached hydrogens (tertiary/aromatic N) is 2. The minimum atomic E-state index is -1.40. The van der Waals surface area contributed by atoms with Crippen LogP contribution in [0, 0.1) is 0 Å². The van der Waals surface area contributed by atoms with Crippen molar-refractivity contribution in [3.63, 3.8) is 0 Å². The van der Waals surface area contributed by atoms with E-state index in [1.807, 2.05) is 6.07 Å². The van der Waals surface area contributed by atoms with Crippen molar-refractivity contribution in [3.05, 3.63) is 60.2 Å². The second kappa shape index (κ2) is 9.19. The van der Waals surface area contributed by atoms with Crippen molar-refractivity contribution < 1.29 is 33.8 Å². The van der Waals surface area contributed by atoms with Gasteiger partial charge in [0.2, 0.25) is 18.0 Å². The third kappa shape index (κ3) is 4.45. The number of para-hydroxylation sites is 1. The quantitative estimate of drug-likeness (QED) is 0.550. The van der Waals surface area contributed by atoms with Gasteiger partial charge >= 0.3 is 5.97 Å². The van der Waals surface area contributed by atoms with Crippen LogP contribution in [0.25, 0.3) is 0 Å². The molecule has 0 radical (unpaired) electrons. The van der Waals surface area contributed by atoms with E-state index in [1.54, 1.807) is 48.5 Å². The number of methoxy groups -OCH3 is 1. The summed E-state index contributed by atoms with van der Waals surface area (Å²) in [6, 6.07) is 14.1. The van der Waals surface area contributed by atoms with Gasteiger partial charge < -0.3 is 29.7 Å². The molecule has 2 saturated heterocycles. The SMILES string of the molecule is COc1ccc(CC(=O)N2CC3[C@@H](NC(=O)COc4ccccc4)C(=O)N3C2C(=O)O)cc1. The molecule has 2 N–H and O–H groups in total. The summed E-state index contributed by atoms with van der Waals surface area (Å²) in [5, 5.41) is 12.3. The fourth-order valence-corrected chi connectivity index (χ4v) is 4.06. The summed E-state index contributed by atoms with van der Waals surface area (Å²) >= 11 is 0. The molecule has 0 aliphatic carbocycles. The van der Waals surface area contributed by atoms with E-state index in [1.165, 1.54) is 12.0 Å². The van der Waals surface area contributed by atoms with Crippen molar-refractivity contribution in [2.24, 2.45) is 0 Å². The highest BCUT2D eigenvalue weighted by atomic mass is 16.5. The maximum Gasteiger partial charge on any atom is 0.347 e. The monoisotopic (exact) mass is 453 g/mol. The fraction of sp³-hybridized carbons (Fsp3) is 0.304. The Bertz CT molecular complexity index is 1060. The molecule has 3 amide bonds. The third-order valence-corrected chi connectivity index (χ3v) is 5.69. The number of fused-ring (bicyclic) bond motifs is 1. The largest absolute Gasteiger partial charge is 0.497 e. The number of aliphatic carboxylic acids is 1. The summed E-state index contributed by atoms with van der Waals surface area (Å²) in [4.78, 5) is 51.9. The summed E-state index contributed by atoms with van der Waals surface area (Å²) in [6.45, 7) is -0.273. The lowest BCUT2D eigenvalue weighted by Gasteiger charge is -2.43. The lowest BCUT2D eigenvalue weighted by atomic mass is 9.96. The van der Waals surface area contributed by atoms with E-state index in [4.69, 9.17) is 9.47 Å². The molecule has 2 aromatic rings. The Morgan fingerprint density at radius 1 is 1.06 bits per heavy atom. The number of benzene rings is 2. The number of amides is 3. The van der Waals surface area contributed by atoms with Gasteiger partial charge in [0.25, 0.3) is 5.91 Å². The first-order valence-corrected chi connectivity index (χ1v) is 10.3. The number of β-lactam (4-membered cyclic amide) rings is 1. The van der Waals surface area contributed by atoms with Crippen LogP contribution in [-0.2, 0) is 25.6 Å². The molecule has 2 aromatic carbocycles. The Hall–Kier alpha value is -4.08. The summed E-state index contributed by atoms with van der Waals surface area (Å²) < 4.78 is 10.5. The number of carbonyl (C=O) groups is 4. The van der Waals surface area contributed by atoms with Gasteiger partial charge in [-0.15, -0.1) is 0 Å². The molecule has 2 heterocycles. The van der Waals surface area contributed by atoms with Crippen LogP contribution in [0.15, 0.2) is 54.6 Å². The van der Waals surface area contributed by atoms with E-state index in [2.05, 4.69) is 5.32 Å². The predicted octanol–water partition coefficient (Wildman–Crippen LogP) is 0.265. The maximum absolute atomic E-state index is 12.9. The van der Waals surface area contributed by atoms with Gasteiger partial charge in [-0.3, -0.25) is 14.4 Å². The number of carboxylic acids is 1. The average Bonchev–Trinajstić information content (AvgIpc) is 3.19. The molecular weight excluding hydrogens is 430 g/mol. The standard InChI is InChI=1S/C23H23N3O7/c1-32-15-9-7-14(8-10-15)11-19(28)25-12-17-20(22(29)26(17)21(25)23(30)31)24-18(27)13-33-16-5-3-2-4-6-16/h2-10,17,20-21H,11-13H2,1H3,(H,24,27)(H,30,31)/t17?,20-,21?/m1/s1. The van der Waals surface area contributed by atoms with Crippen molar-refractivity contribution in [2.45, 2.75) is 24.7 Å². The van der Waals surface area contributed by atoms with E-state index in [0.29, 0.717) is 17.1 Å². The van der Waals surface area contributed by atoms with Crippen LogP contribution in [0.2, 0.25) is 0 Å². The van der Waals surface area contributed by atoms with Crippen LogP contribution in [0.5, 0.6) is 11.5 Å². The van der Waals surface area contributed by atoms with Crippen LogP contribution < -0.4 is 14.8 Å². The summed E-state index contributed by atoms with van der Waals surface area (Å²) in [5.41, 5.74) is 0.688. The van der Waals surface area contributed by atoms with Gasteiger partial charge in [0.15, 0.2) is 6.61 Å². The zero-order valence-corrected chi connectivity index (χ0v) is 17.8. The van der Waals surface area contributed by atoms with Crippen LogP contribution in [0.1, 0.15) is 5.56 Å². The van der Waals surface area contributed by atoms with E-state index in [9.17, 15) is 24.3 Å². The second-order valence-electron chi connectivity index (χ2n) is 7.74. The van der Waals surface area contributed by atoms with Gasteiger partial charge in [-0.1, -0.05) is 30.3 Å². The number of hydrogen-bond acceptors (Lipinski definition) is 6. The zero-order valence-electron chi connectivity index (χ0n) is 17.8. The average molecular weight is 453 g/mol. The Labute approximate surface area is 189 Å². The highest BCUT2D eigenvalue weighted by Crippen LogP contribution is 2.33. The van der Waals surface area contributed by atoms with Gasteiger partial charge in [-0.25, -0.2) is 4.79 Å². The van der Waals surface area contributed by atoms with Crippen LogP contribution in [0.4, 0.5) is 0 Å². The molecule has 2 fully saturated rings. The Morgan fingerprint density at radius 2 is 1.76 bits per heavy atom. The van der Waals surface area contributed by atoms with Gasteiger partial charge in [0.05, 0.1) is 19.6 Å². The minimum Gasteiger partial charge on any atom is -0.497 e. The molecule has 172 valence electrons. The molecule has 0 aromatic heterocycles. The number of carbonyl (C=O) groups excluding carboxylic acids is 3.